The smallest absolute Gasteiger partial charge is 0.303 e. The molecule has 0 atom stereocenters. The van der Waals surface area contributed by atoms with Gasteiger partial charge >= 0.3 is 5.97 Å². The first-order valence-electron chi connectivity index (χ1n) is 28.7. The van der Waals surface area contributed by atoms with Crippen molar-refractivity contribution < 1.29 is 24.8 Å². The van der Waals surface area contributed by atoms with Crippen LogP contribution in [0.25, 0.3) is 78.7 Å². The molecular formula is C66H62Cl4N16O5. The molecule has 0 bridgehead atoms. The Morgan fingerprint density at radius 2 is 1.02 bits per heavy atom. The van der Waals surface area contributed by atoms with Crippen molar-refractivity contribution in [2.75, 3.05) is 36.0 Å². The molecule has 10 N–H and O–H groups in total. The van der Waals surface area contributed by atoms with Gasteiger partial charge in [0.05, 0.1) is 43.3 Å². The predicted octanol–water partition coefficient (Wildman–Crippen LogP) is 14.0. The van der Waals surface area contributed by atoms with E-state index in [1.165, 1.54) is 11.4 Å². The molecule has 0 saturated carbocycles. The molecule has 6 aromatic heterocycles. The molecule has 2 aliphatic rings. The number of aromatic amines is 3. The summed E-state index contributed by atoms with van der Waals surface area (Å²) in [5, 5.41) is 41.9. The second-order valence-electron chi connectivity index (χ2n) is 21.1. The predicted molar refractivity (Wildman–Crippen MR) is 358 cm³/mol. The Bertz CT molecular complexity index is 4430. The maximum Gasteiger partial charge on any atom is 0.303 e. The van der Waals surface area contributed by atoms with Gasteiger partial charge in [0, 0.05) is 103 Å². The van der Waals surface area contributed by atoms with Crippen LogP contribution in [0.4, 0.5) is 11.4 Å². The van der Waals surface area contributed by atoms with Gasteiger partial charge in [-0.15, -0.1) is 12.4 Å². The molecule has 0 unspecified atom stereocenters. The van der Waals surface area contributed by atoms with Crippen molar-refractivity contribution in [3.8, 4) is 51.6 Å². The second kappa shape index (κ2) is 31.5. The zero-order chi connectivity index (χ0) is 62.9. The van der Waals surface area contributed by atoms with Crippen LogP contribution < -0.4 is 21.4 Å². The third-order valence-electron chi connectivity index (χ3n) is 15.3. The minimum atomic E-state index is -0.678. The lowest BCUT2D eigenvalue weighted by Crippen LogP contribution is -2.34. The number of carboxylic acid groups (broad SMARTS) is 1. The Hall–Kier alpha value is -9.92. The van der Waals surface area contributed by atoms with E-state index < -0.39 is 5.97 Å². The molecule has 2 fully saturated rings. The normalized spacial score (nSPS) is 13.3. The van der Waals surface area contributed by atoms with Crippen molar-refractivity contribution in [2.45, 2.75) is 38.5 Å². The van der Waals surface area contributed by atoms with E-state index in [0.29, 0.717) is 62.0 Å². The highest BCUT2D eigenvalue weighted by atomic mass is 35.5. The number of amidine groups is 1. The molecule has 464 valence electrons. The monoisotopic (exact) mass is 1300 g/mol. The highest BCUT2D eigenvalue weighted by Gasteiger charge is 2.24. The van der Waals surface area contributed by atoms with E-state index in [4.69, 9.17) is 70.8 Å². The summed E-state index contributed by atoms with van der Waals surface area (Å²) < 4.78 is 5.62. The van der Waals surface area contributed by atoms with E-state index in [1.807, 2.05) is 116 Å². The molecule has 0 amide bonds. The first-order valence-corrected chi connectivity index (χ1v) is 29.8. The summed E-state index contributed by atoms with van der Waals surface area (Å²) in [6.07, 6.45) is 12.5. The molecule has 2 saturated heterocycles. The number of nitriles is 1. The van der Waals surface area contributed by atoms with E-state index >= 15 is 0 Å². The van der Waals surface area contributed by atoms with E-state index in [0.717, 1.165) is 125 Å². The van der Waals surface area contributed by atoms with Gasteiger partial charge in [0.25, 0.3) is 0 Å². The van der Waals surface area contributed by atoms with Crippen LogP contribution in [-0.2, 0) is 11.2 Å². The lowest BCUT2D eigenvalue weighted by molar-refractivity contribution is -0.138. The van der Waals surface area contributed by atoms with Crippen molar-refractivity contribution in [3.63, 3.8) is 0 Å². The first kappa shape index (κ1) is 65.5. The number of fused-ring (bicyclic) bond motifs is 3. The summed E-state index contributed by atoms with van der Waals surface area (Å²) in [4.78, 5) is 51.4. The summed E-state index contributed by atoms with van der Waals surface area (Å²) in [7, 11) is 0. The highest BCUT2D eigenvalue weighted by Crippen LogP contribution is 2.32. The summed E-state index contributed by atoms with van der Waals surface area (Å²) >= 11 is 18.5. The maximum atomic E-state index is 10.6. The number of pyridine rings is 2. The van der Waals surface area contributed by atoms with Gasteiger partial charge in [0.1, 0.15) is 34.0 Å². The molecule has 91 heavy (non-hydrogen) atoms. The molecule has 6 aromatic carbocycles. The number of H-pyrrole nitrogens is 3. The fraction of sp³-hybridized carbons (Fsp3) is 0.182. The summed E-state index contributed by atoms with van der Waals surface area (Å²) in [5.74, 6) is 7.21. The number of rotatable bonds is 11. The van der Waals surface area contributed by atoms with Gasteiger partial charge in [-0.2, -0.15) is 10.2 Å². The van der Waals surface area contributed by atoms with E-state index in [9.17, 15) is 4.79 Å². The SMILES string of the molecule is Cl.Clc1cccc2[nH]c(-c3cccc(-c4noc(CC5CCN(c6ccncc6)CC5)n4)c3)nc12.N#Cc1cccc(-c2nc3c(Cl)cccc3[nH]2)c1.N/C(=N\O)c1cccc(-c2nc3c(Cl)cccc3[nH]2)c1.NO.O=C(O)CC1CCN(c2ccncc2)CC1. The number of hydrogen-bond acceptors (Lipinski definition) is 16. The number of para-hydroxylation sites is 3. The molecule has 0 radical (unpaired) electrons. The van der Waals surface area contributed by atoms with Crippen LogP contribution >= 0.6 is 47.2 Å². The van der Waals surface area contributed by atoms with Crippen molar-refractivity contribution in [2.24, 2.45) is 28.6 Å². The number of hydrogen-bond donors (Lipinski definition) is 8. The summed E-state index contributed by atoms with van der Waals surface area (Å²) in [6.45, 7) is 3.95. The number of carboxylic acids is 1. The van der Waals surface area contributed by atoms with Crippen LogP contribution in [0.5, 0.6) is 0 Å². The topological polar surface area (TPSA) is 323 Å². The maximum absolute atomic E-state index is 10.6. The summed E-state index contributed by atoms with van der Waals surface area (Å²) in [5.41, 5.74) is 17.7. The Balaban J connectivity index is 0.000000149. The van der Waals surface area contributed by atoms with Gasteiger partial charge in [-0.1, -0.05) is 112 Å². The van der Waals surface area contributed by atoms with E-state index in [1.54, 1.807) is 48.8 Å². The molecular weight excluding hydrogens is 1240 g/mol. The minimum absolute atomic E-state index is 0. The third-order valence-corrected chi connectivity index (χ3v) is 16.2. The van der Waals surface area contributed by atoms with Gasteiger partial charge < -0.3 is 50.5 Å². The second-order valence-corrected chi connectivity index (χ2v) is 22.3. The largest absolute Gasteiger partial charge is 0.481 e. The highest BCUT2D eigenvalue weighted by molar-refractivity contribution is 6.35. The lowest BCUT2D eigenvalue weighted by atomic mass is 9.93. The minimum Gasteiger partial charge on any atom is -0.481 e. The number of anilines is 2. The quantitative estimate of drug-likeness (QED) is 0.0258. The van der Waals surface area contributed by atoms with E-state index in [2.05, 4.69) is 84.1 Å². The number of nitrogens with two attached hydrogens (primary N) is 2. The molecule has 2 aliphatic heterocycles. The third kappa shape index (κ3) is 16.7. The number of benzene rings is 6. The van der Waals surface area contributed by atoms with E-state index in [-0.39, 0.29) is 18.2 Å². The number of nitrogens with zero attached hydrogens (tertiary/aromatic N) is 11. The van der Waals surface area contributed by atoms with Gasteiger partial charge in [-0.05, 0) is 122 Å². The molecule has 14 rings (SSSR count). The average molecular weight is 1300 g/mol. The molecule has 8 heterocycles. The molecule has 0 spiro atoms. The fourth-order valence-corrected chi connectivity index (χ4v) is 11.3. The van der Waals surface area contributed by atoms with Crippen LogP contribution in [0.2, 0.25) is 15.1 Å². The zero-order valence-corrected chi connectivity index (χ0v) is 51.8. The number of aliphatic carboxylic acids is 1. The Kier molecular flexibility index (Phi) is 22.7. The van der Waals surface area contributed by atoms with Gasteiger partial charge in [-0.25, -0.2) is 20.8 Å². The first-order chi connectivity index (χ1) is 43.9. The Morgan fingerprint density at radius 1 is 0.593 bits per heavy atom. The standard InChI is InChI=1S/C26H23ClN6O.C14H11ClN4O.C14H8ClN3.C12H16N2O2.ClH.H3NO/c27-21-5-2-6-22-24(21)31-25(29-22)18-3-1-4-19(16-18)26-30-23(34-32-26)15-17-9-13-33(14-10-17)20-7-11-28-12-8-20;15-10-5-2-6-11-12(10)18-14(17-11)9-4-1-3-8(7-9)13(16)19-20;15-11-5-2-6-12-13(11)18-14(17-12)10-4-1-3-9(7-10)8-16;15-12(16)9-10-3-7-14(8-4-10)11-1-5-13-6-2-11;;1-2/h1-8,11-12,16-17H,9-10,13-15H2,(H,29,31);1-7,20H,(H2,16,19)(H,17,18);1-7H,(H,17,18);1-2,5-6,10H,3-4,7-9H2,(H,15,16);1H;2H,1H2. The van der Waals surface area contributed by atoms with Crippen LogP contribution in [-0.4, -0.2) is 104 Å². The molecule has 12 aromatic rings. The van der Waals surface area contributed by atoms with Crippen molar-refractivity contribution in [1.82, 2.24) is 50.0 Å². The molecule has 25 heteroatoms. The number of piperidine rings is 2. The number of halogens is 4. The van der Waals surface area contributed by atoms with Crippen molar-refractivity contribution >= 4 is 103 Å². The zero-order valence-electron chi connectivity index (χ0n) is 48.7. The number of nitrogens with one attached hydrogen (secondary N) is 3. The Morgan fingerprint density at radius 3 is 1.48 bits per heavy atom. The fourth-order valence-electron chi connectivity index (χ4n) is 10.7. The van der Waals surface area contributed by atoms with Crippen LogP contribution in [0.1, 0.15) is 49.1 Å². The van der Waals surface area contributed by atoms with Crippen LogP contribution in [0.15, 0.2) is 186 Å². The molecule has 0 aliphatic carbocycles. The van der Waals surface area contributed by atoms with Gasteiger partial charge in [-0.3, -0.25) is 14.8 Å². The average Bonchev–Trinajstić information content (AvgIpc) is 1.91. The number of imidazole rings is 3. The number of oxime groups is 1. The van der Waals surface area contributed by atoms with Crippen LogP contribution in [0.3, 0.4) is 0 Å². The Labute approximate surface area is 543 Å². The van der Waals surface area contributed by atoms with Crippen molar-refractivity contribution in [3.05, 3.63) is 209 Å². The number of carbonyl (C=O) groups is 1. The lowest BCUT2D eigenvalue weighted by Gasteiger charge is -2.33. The van der Waals surface area contributed by atoms with Gasteiger partial charge in [0.2, 0.25) is 11.7 Å². The van der Waals surface area contributed by atoms with Crippen LogP contribution in [0, 0.1) is 23.2 Å². The molecule has 21 nitrogen and oxygen atoms in total. The summed E-state index contributed by atoms with van der Waals surface area (Å²) in [6, 6.07) is 49.7. The van der Waals surface area contributed by atoms with Gasteiger partial charge in [0.15, 0.2) is 5.84 Å². The number of aromatic nitrogens is 10. The van der Waals surface area contributed by atoms with Crippen molar-refractivity contribution in [1.29, 1.82) is 5.26 Å².